The van der Waals surface area contributed by atoms with E-state index in [0.717, 1.165) is 28.4 Å². The molecule has 0 saturated heterocycles. The van der Waals surface area contributed by atoms with Gasteiger partial charge < -0.3 is 5.73 Å². The molecule has 0 radical (unpaired) electrons. The van der Waals surface area contributed by atoms with Crippen LogP contribution in [0.5, 0.6) is 0 Å². The molecule has 0 aliphatic rings. The topological polar surface area (TPSA) is 43.8 Å². The van der Waals surface area contributed by atoms with Crippen LogP contribution in [0.3, 0.4) is 0 Å². The molecule has 1 heterocycles. The van der Waals surface area contributed by atoms with Crippen molar-refractivity contribution in [2.45, 2.75) is 20.3 Å². The van der Waals surface area contributed by atoms with Gasteiger partial charge in [-0.1, -0.05) is 17.7 Å². The first-order chi connectivity index (χ1) is 8.11. The Morgan fingerprint density at radius 3 is 2.82 bits per heavy atom. The summed E-state index contributed by atoms with van der Waals surface area (Å²) in [7, 11) is 0. The van der Waals surface area contributed by atoms with E-state index in [-0.39, 0.29) is 0 Å². The van der Waals surface area contributed by atoms with Gasteiger partial charge >= 0.3 is 0 Å². The lowest BCUT2D eigenvalue weighted by Crippen LogP contribution is -2.02. The van der Waals surface area contributed by atoms with E-state index in [1.165, 1.54) is 5.56 Å². The number of aryl methyl sites for hydroxylation is 2. The predicted octanol–water partition coefficient (Wildman–Crippen LogP) is 2.64. The molecule has 0 unspecified atom stereocenters. The molecule has 0 atom stereocenters. The quantitative estimate of drug-likeness (QED) is 0.909. The molecule has 0 aliphatic heterocycles. The van der Waals surface area contributed by atoms with Crippen molar-refractivity contribution in [1.29, 1.82) is 0 Å². The Labute approximate surface area is 106 Å². The van der Waals surface area contributed by atoms with Gasteiger partial charge in [-0.05, 0) is 50.1 Å². The summed E-state index contributed by atoms with van der Waals surface area (Å²) in [5.41, 5.74) is 9.95. The van der Waals surface area contributed by atoms with E-state index in [9.17, 15) is 0 Å². The minimum atomic E-state index is 0.640. The van der Waals surface area contributed by atoms with Gasteiger partial charge in [-0.15, -0.1) is 0 Å². The number of halogens is 1. The van der Waals surface area contributed by atoms with Crippen LogP contribution in [0, 0.1) is 13.8 Å². The summed E-state index contributed by atoms with van der Waals surface area (Å²) in [5, 5.41) is 5.23. The average molecular weight is 250 g/mol. The van der Waals surface area contributed by atoms with Crippen molar-refractivity contribution in [2.75, 3.05) is 6.54 Å². The van der Waals surface area contributed by atoms with Crippen molar-refractivity contribution >= 4 is 11.6 Å². The molecule has 17 heavy (non-hydrogen) atoms. The van der Waals surface area contributed by atoms with E-state index in [2.05, 4.69) is 5.10 Å². The number of hydrogen-bond donors (Lipinski definition) is 1. The first-order valence-corrected chi connectivity index (χ1v) is 6.01. The van der Waals surface area contributed by atoms with Crippen LogP contribution in [0.4, 0.5) is 0 Å². The van der Waals surface area contributed by atoms with Crippen LogP contribution in [0.15, 0.2) is 24.4 Å². The minimum absolute atomic E-state index is 0.640. The number of nitrogens with zero attached hydrogens (tertiary/aromatic N) is 2. The van der Waals surface area contributed by atoms with Crippen molar-refractivity contribution in [2.24, 2.45) is 5.73 Å². The van der Waals surface area contributed by atoms with Gasteiger partial charge in [-0.2, -0.15) is 5.10 Å². The fourth-order valence-corrected chi connectivity index (χ4v) is 2.02. The van der Waals surface area contributed by atoms with Crippen molar-refractivity contribution in [3.63, 3.8) is 0 Å². The maximum absolute atomic E-state index is 6.01. The van der Waals surface area contributed by atoms with E-state index in [4.69, 9.17) is 17.3 Å². The summed E-state index contributed by atoms with van der Waals surface area (Å²) >= 11 is 6.01. The Morgan fingerprint density at radius 1 is 1.35 bits per heavy atom. The van der Waals surface area contributed by atoms with E-state index < -0.39 is 0 Å². The van der Waals surface area contributed by atoms with Gasteiger partial charge in [-0.25, -0.2) is 4.68 Å². The third-order valence-corrected chi connectivity index (χ3v) is 3.07. The summed E-state index contributed by atoms with van der Waals surface area (Å²) in [6, 6.07) is 5.81. The molecular formula is C13H16ClN3. The number of aromatic nitrogens is 2. The molecule has 3 nitrogen and oxygen atoms in total. The molecule has 2 rings (SSSR count). The Kier molecular flexibility index (Phi) is 3.50. The Bertz CT molecular complexity index is 531. The average Bonchev–Trinajstić information content (AvgIpc) is 2.64. The van der Waals surface area contributed by atoms with Crippen molar-refractivity contribution in [3.8, 4) is 5.69 Å². The summed E-state index contributed by atoms with van der Waals surface area (Å²) in [6.45, 7) is 4.69. The Hall–Kier alpha value is -1.32. The molecule has 4 heteroatoms. The minimum Gasteiger partial charge on any atom is -0.330 e. The maximum Gasteiger partial charge on any atom is 0.0689 e. The van der Waals surface area contributed by atoms with Crippen molar-refractivity contribution in [1.82, 2.24) is 9.78 Å². The molecule has 2 aromatic rings. The van der Waals surface area contributed by atoms with Crippen LogP contribution in [-0.4, -0.2) is 16.3 Å². The van der Waals surface area contributed by atoms with E-state index in [1.807, 2.05) is 42.9 Å². The van der Waals surface area contributed by atoms with E-state index in [0.29, 0.717) is 6.54 Å². The molecule has 2 N–H and O–H groups in total. The van der Waals surface area contributed by atoms with Crippen LogP contribution in [0.25, 0.3) is 5.69 Å². The lowest BCUT2D eigenvalue weighted by Gasteiger charge is -2.05. The van der Waals surface area contributed by atoms with Gasteiger partial charge in [0.25, 0.3) is 0 Å². The largest absolute Gasteiger partial charge is 0.330 e. The Morgan fingerprint density at radius 2 is 2.12 bits per heavy atom. The molecule has 0 fully saturated rings. The van der Waals surface area contributed by atoms with Crippen LogP contribution < -0.4 is 5.73 Å². The van der Waals surface area contributed by atoms with Crippen LogP contribution in [0.1, 0.15) is 16.8 Å². The molecular weight excluding hydrogens is 234 g/mol. The first kappa shape index (κ1) is 12.1. The summed E-state index contributed by atoms with van der Waals surface area (Å²) in [4.78, 5) is 0. The second-order valence-corrected chi connectivity index (χ2v) is 4.59. The fraction of sp³-hybridized carbons (Fsp3) is 0.308. The zero-order valence-corrected chi connectivity index (χ0v) is 10.8. The molecule has 0 aliphatic carbocycles. The zero-order chi connectivity index (χ0) is 12.4. The van der Waals surface area contributed by atoms with E-state index >= 15 is 0 Å². The van der Waals surface area contributed by atoms with Gasteiger partial charge in [0.2, 0.25) is 0 Å². The normalized spacial score (nSPS) is 10.8. The van der Waals surface area contributed by atoms with Gasteiger partial charge in [-0.3, -0.25) is 0 Å². The van der Waals surface area contributed by atoms with Crippen molar-refractivity contribution in [3.05, 3.63) is 46.2 Å². The third kappa shape index (κ3) is 2.51. The van der Waals surface area contributed by atoms with Crippen LogP contribution in [-0.2, 0) is 6.42 Å². The highest BCUT2D eigenvalue weighted by Crippen LogP contribution is 2.20. The number of rotatable bonds is 3. The predicted molar refractivity (Wildman–Crippen MR) is 70.8 cm³/mol. The van der Waals surface area contributed by atoms with Crippen LogP contribution in [0.2, 0.25) is 5.02 Å². The standard InChI is InChI=1S/C13H16ClN3/c1-9-3-4-12(14)7-13(9)17-8-11(5-6-15)10(2)16-17/h3-4,7-8H,5-6,15H2,1-2H3. The first-order valence-electron chi connectivity index (χ1n) is 5.63. The highest BCUT2D eigenvalue weighted by Gasteiger charge is 2.08. The summed E-state index contributed by atoms with van der Waals surface area (Å²) in [5.74, 6) is 0. The zero-order valence-electron chi connectivity index (χ0n) is 10.1. The van der Waals surface area contributed by atoms with E-state index in [1.54, 1.807) is 0 Å². The fourth-order valence-electron chi connectivity index (χ4n) is 1.85. The van der Waals surface area contributed by atoms with Gasteiger partial charge in [0, 0.05) is 11.2 Å². The highest BCUT2D eigenvalue weighted by atomic mass is 35.5. The molecule has 0 saturated carbocycles. The Balaban J connectivity index is 2.45. The molecule has 90 valence electrons. The number of benzene rings is 1. The lowest BCUT2D eigenvalue weighted by atomic mass is 10.2. The van der Waals surface area contributed by atoms with Crippen LogP contribution >= 0.6 is 11.6 Å². The highest BCUT2D eigenvalue weighted by molar-refractivity contribution is 6.30. The lowest BCUT2D eigenvalue weighted by molar-refractivity contribution is 0.856. The molecule has 1 aromatic heterocycles. The summed E-state index contributed by atoms with van der Waals surface area (Å²) < 4.78 is 1.88. The second-order valence-electron chi connectivity index (χ2n) is 4.15. The van der Waals surface area contributed by atoms with Gasteiger partial charge in [0.15, 0.2) is 0 Å². The molecule has 0 bridgehead atoms. The van der Waals surface area contributed by atoms with Gasteiger partial charge in [0.05, 0.1) is 11.4 Å². The molecule has 0 spiro atoms. The van der Waals surface area contributed by atoms with Gasteiger partial charge in [0.1, 0.15) is 0 Å². The SMILES string of the molecule is Cc1ccc(Cl)cc1-n1cc(CCN)c(C)n1. The smallest absolute Gasteiger partial charge is 0.0689 e. The monoisotopic (exact) mass is 249 g/mol. The third-order valence-electron chi connectivity index (χ3n) is 2.83. The van der Waals surface area contributed by atoms with Crippen molar-refractivity contribution < 1.29 is 0 Å². The second kappa shape index (κ2) is 4.90. The molecule has 1 aromatic carbocycles. The number of hydrogen-bond acceptors (Lipinski definition) is 2. The maximum atomic E-state index is 6.01. The molecule has 0 amide bonds. The number of nitrogens with two attached hydrogens (primary N) is 1. The summed E-state index contributed by atoms with van der Waals surface area (Å²) in [6.07, 6.45) is 2.88.